The second-order valence-electron chi connectivity index (χ2n) is 19.5. The highest BCUT2D eigenvalue weighted by atomic mass is 16.6. The number of rotatable bonds is 53. The van der Waals surface area contributed by atoms with Gasteiger partial charge >= 0.3 is 17.9 Å². The third-order valence-electron chi connectivity index (χ3n) is 12.3. The molecule has 0 spiro atoms. The van der Waals surface area contributed by atoms with E-state index in [1.54, 1.807) is 0 Å². The summed E-state index contributed by atoms with van der Waals surface area (Å²) in [5, 5.41) is 0. The van der Waals surface area contributed by atoms with Crippen molar-refractivity contribution >= 4 is 17.9 Å². The fraction of sp³-hybridized carbons (Fsp3) is 0.586. The van der Waals surface area contributed by atoms with E-state index in [9.17, 15) is 14.4 Å². The van der Waals surface area contributed by atoms with E-state index >= 15 is 0 Å². The SMILES string of the molecule is CC/C=C\C/C=C\C/C=C\C/C=C\C/C=C\C/C=C\C/C=C\CCCC(=O)OCC(COC(=O)CCCCCCCCCCCCCCCCCC)OC(=O)CC/C=C\C/C=C\C/C=C\C/C=C\C/C=C\C/C=C\CC. The van der Waals surface area contributed by atoms with Crippen molar-refractivity contribution in [2.45, 2.75) is 252 Å². The Bertz CT molecular complexity index is 1720. The highest BCUT2D eigenvalue weighted by Crippen LogP contribution is 2.15. The molecule has 0 aliphatic rings. The molecule has 0 amide bonds. The van der Waals surface area contributed by atoms with E-state index in [1.165, 1.54) is 83.5 Å². The van der Waals surface area contributed by atoms with Crippen LogP contribution in [0.2, 0.25) is 0 Å². The standard InChI is InChI=1S/C70H110O6/c1-4-7-10-13-16-19-22-25-28-31-33-34-35-36-38-39-42-45-48-51-54-57-60-63-69(72)75-66-67(65-74-68(71)62-59-56-53-50-47-44-41-30-27-24-21-18-15-12-9-6-3)76-70(73)64-61-58-55-52-49-46-43-40-37-32-29-26-23-20-17-14-11-8-5-2/h7-8,10-11,16-17,19-20,25-26,28-29,33-34,36-38,40,42,45-46,49,51,54-55,58,67H,4-6,9,12-15,18,21-24,27,30-32,35,39,41,43-44,47-48,50,52-53,56-57,59-66H2,1-3H3/b10-7-,11-8-,19-16-,20-17-,28-25-,29-26-,34-33-,38-36-,40-37-,45-42-,49-46-,54-51-,58-55-. The summed E-state index contributed by atoms with van der Waals surface area (Å²) in [5.41, 5.74) is 0. The normalized spacial score (nSPS) is 13.2. The van der Waals surface area contributed by atoms with Crippen LogP contribution in [0.1, 0.15) is 245 Å². The van der Waals surface area contributed by atoms with E-state index in [0.717, 1.165) is 109 Å². The van der Waals surface area contributed by atoms with Crippen molar-refractivity contribution in [3.63, 3.8) is 0 Å². The van der Waals surface area contributed by atoms with E-state index < -0.39 is 12.1 Å². The Morgan fingerprint density at radius 1 is 0.276 bits per heavy atom. The van der Waals surface area contributed by atoms with Crippen LogP contribution in [0, 0.1) is 0 Å². The highest BCUT2D eigenvalue weighted by Gasteiger charge is 2.19. The van der Waals surface area contributed by atoms with Crippen LogP contribution in [0.4, 0.5) is 0 Å². The zero-order chi connectivity index (χ0) is 55.0. The molecule has 0 aliphatic carbocycles. The summed E-state index contributed by atoms with van der Waals surface area (Å²) in [6.45, 7) is 6.30. The molecule has 0 saturated carbocycles. The third-order valence-corrected chi connectivity index (χ3v) is 12.3. The van der Waals surface area contributed by atoms with Gasteiger partial charge in [0.05, 0.1) is 0 Å². The van der Waals surface area contributed by atoms with E-state index in [1.807, 2.05) is 12.2 Å². The predicted molar refractivity (Wildman–Crippen MR) is 329 cm³/mol. The molecule has 1 atom stereocenters. The average Bonchev–Trinajstić information content (AvgIpc) is 3.42. The maximum Gasteiger partial charge on any atom is 0.306 e. The molecule has 6 heteroatoms. The van der Waals surface area contributed by atoms with Crippen molar-refractivity contribution < 1.29 is 28.6 Å². The fourth-order valence-electron chi connectivity index (χ4n) is 7.81. The maximum absolute atomic E-state index is 12.9. The largest absolute Gasteiger partial charge is 0.462 e. The van der Waals surface area contributed by atoms with Crippen molar-refractivity contribution in [3.8, 4) is 0 Å². The zero-order valence-electron chi connectivity index (χ0n) is 48.7. The Kier molecular flexibility index (Phi) is 58.5. The number of carbonyl (C=O) groups is 3. The topological polar surface area (TPSA) is 78.9 Å². The van der Waals surface area contributed by atoms with Gasteiger partial charge in [0.15, 0.2) is 6.10 Å². The van der Waals surface area contributed by atoms with Crippen molar-refractivity contribution in [1.29, 1.82) is 0 Å². The molecule has 6 nitrogen and oxygen atoms in total. The van der Waals surface area contributed by atoms with E-state index in [2.05, 4.69) is 167 Å². The van der Waals surface area contributed by atoms with Crippen molar-refractivity contribution in [2.75, 3.05) is 13.2 Å². The van der Waals surface area contributed by atoms with Gasteiger partial charge in [-0.15, -0.1) is 0 Å². The number of ether oxygens (including phenoxy) is 3. The Morgan fingerprint density at radius 3 is 0.855 bits per heavy atom. The average molecular weight is 1050 g/mol. The Labute approximate surface area is 467 Å². The molecule has 0 saturated heterocycles. The molecule has 0 rings (SSSR count). The monoisotopic (exact) mass is 1050 g/mol. The molecule has 0 N–H and O–H groups in total. The van der Waals surface area contributed by atoms with Crippen LogP contribution in [-0.2, 0) is 28.6 Å². The molecule has 0 fully saturated rings. The molecular formula is C70H110O6. The van der Waals surface area contributed by atoms with Gasteiger partial charge in [-0.25, -0.2) is 0 Å². The van der Waals surface area contributed by atoms with Gasteiger partial charge in [0, 0.05) is 19.3 Å². The molecular weight excluding hydrogens is 937 g/mol. The van der Waals surface area contributed by atoms with Gasteiger partial charge in [-0.1, -0.05) is 275 Å². The lowest BCUT2D eigenvalue weighted by atomic mass is 10.0. The summed E-state index contributed by atoms with van der Waals surface area (Å²) in [5.74, 6) is -1.08. The first kappa shape index (κ1) is 71.0. The van der Waals surface area contributed by atoms with Crippen LogP contribution in [0.5, 0.6) is 0 Å². The maximum atomic E-state index is 12.9. The fourth-order valence-corrected chi connectivity index (χ4v) is 7.81. The summed E-state index contributed by atoms with van der Waals surface area (Å²) >= 11 is 0. The van der Waals surface area contributed by atoms with Gasteiger partial charge in [0.2, 0.25) is 0 Å². The number of unbranched alkanes of at least 4 members (excludes halogenated alkanes) is 16. The van der Waals surface area contributed by atoms with Gasteiger partial charge in [-0.3, -0.25) is 14.4 Å². The number of carbonyl (C=O) groups excluding carboxylic acids is 3. The van der Waals surface area contributed by atoms with Crippen LogP contribution in [-0.4, -0.2) is 37.2 Å². The molecule has 1 unspecified atom stereocenters. The molecule has 76 heavy (non-hydrogen) atoms. The predicted octanol–water partition coefficient (Wildman–Crippen LogP) is 20.9. The highest BCUT2D eigenvalue weighted by molar-refractivity contribution is 5.71. The van der Waals surface area contributed by atoms with E-state index in [-0.39, 0.29) is 38.0 Å². The molecule has 0 aliphatic heterocycles. The molecule has 0 radical (unpaired) electrons. The van der Waals surface area contributed by atoms with Crippen LogP contribution >= 0.6 is 0 Å². The second-order valence-corrected chi connectivity index (χ2v) is 19.5. The molecule has 0 aromatic carbocycles. The van der Waals surface area contributed by atoms with Gasteiger partial charge in [-0.05, 0) is 109 Å². The first-order valence-corrected chi connectivity index (χ1v) is 30.5. The molecule has 426 valence electrons. The minimum atomic E-state index is -0.849. The summed E-state index contributed by atoms with van der Waals surface area (Å²) in [6, 6.07) is 0. The van der Waals surface area contributed by atoms with Crippen molar-refractivity contribution in [2.24, 2.45) is 0 Å². The van der Waals surface area contributed by atoms with Crippen molar-refractivity contribution in [3.05, 3.63) is 158 Å². The minimum Gasteiger partial charge on any atom is -0.462 e. The molecule has 0 aromatic heterocycles. The van der Waals surface area contributed by atoms with Gasteiger partial charge < -0.3 is 14.2 Å². The van der Waals surface area contributed by atoms with Crippen LogP contribution in [0.25, 0.3) is 0 Å². The summed E-state index contributed by atoms with van der Waals surface area (Å²) in [7, 11) is 0. The lowest BCUT2D eigenvalue weighted by Gasteiger charge is -2.18. The smallest absolute Gasteiger partial charge is 0.306 e. The first-order chi connectivity index (χ1) is 37.5. The molecule has 0 bridgehead atoms. The van der Waals surface area contributed by atoms with Crippen LogP contribution < -0.4 is 0 Å². The quantitative estimate of drug-likeness (QED) is 0.0261. The number of esters is 3. The number of hydrogen-bond acceptors (Lipinski definition) is 6. The zero-order valence-corrected chi connectivity index (χ0v) is 48.7. The summed E-state index contributed by atoms with van der Waals surface area (Å²) < 4.78 is 16.8. The van der Waals surface area contributed by atoms with Gasteiger partial charge in [0.1, 0.15) is 13.2 Å². The first-order valence-electron chi connectivity index (χ1n) is 30.5. The lowest BCUT2D eigenvalue weighted by Crippen LogP contribution is -2.30. The molecule has 0 heterocycles. The van der Waals surface area contributed by atoms with Gasteiger partial charge in [0.25, 0.3) is 0 Å². The van der Waals surface area contributed by atoms with Crippen molar-refractivity contribution in [1.82, 2.24) is 0 Å². The van der Waals surface area contributed by atoms with Crippen LogP contribution in [0.3, 0.4) is 0 Å². The van der Waals surface area contributed by atoms with Crippen LogP contribution in [0.15, 0.2) is 158 Å². The third kappa shape index (κ3) is 59.9. The minimum absolute atomic E-state index is 0.131. The lowest BCUT2D eigenvalue weighted by molar-refractivity contribution is -0.166. The summed E-state index contributed by atoms with van der Waals surface area (Å²) in [4.78, 5) is 38.2. The van der Waals surface area contributed by atoms with E-state index in [4.69, 9.17) is 14.2 Å². The molecule has 0 aromatic rings. The number of allylic oxidation sites excluding steroid dienone is 26. The number of hydrogen-bond donors (Lipinski definition) is 0. The van der Waals surface area contributed by atoms with Gasteiger partial charge in [-0.2, -0.15) is 0 Å². The second kappa shape index (κ2) is 62.6. The Hall–Kier alpha value is -4.97. The van der Waals surface area contributed by atoms with E-state index in [0.29, 0.717) is 19.3 Å². The Morgan fingerprint density at radius 2 is 0.539 bits per heavy atom. The summed E-state index contributed by atoms with van der Waals surface area (Å²) in [6.07, 6.45) is 91.1. The Balaban J connectivity index is 4.61.